The summed E-state index contributed by atoms with van der Waals surface area (Å²) in [6.07, 6.45) is 0.845. The van der Waals surface area contributed by atoms with Crippen molar-refractivity contribution in [1.82, 2.24) is 19.4 Å². The fourth-order valence-corrected chi connectivity index (χ4v) is 3.66. The molecular weight excluding hydrogens is 402 g/mol. The molecule has 9 heteroatoms. The van der Waals surface area contributed by atoms with Crippen LogP contribution in [0.15, 0.2) is 51.7 Å². The Morgan fingerprint density at radius 2 is 1.90 bits per heavy atom. The maximum Gasteiger partial charge on any atom is 0.437 e. The second-order valence-electron chi connectivity index (χ2n) is 6.74. The smallest absolute Gasteiger partial charge is 0.388 e. The van der Waals surface area contributed by atoms with E-state index in [1.54, 1.807) is 14.0 Å². The Labute approximate surface area is 176 Å². The van der Waals surface area contributed by atoms with Crippen LogP contribution in [-0.4, -0.2) is 25.3 Å². The largest absolute Gasteiger partial charge is 0.437 e. The van der Waals surface area contributed by atoms with Crippen molar-refractivity contribution < 1.29 is 9.21 Å². The average Bonchev–Trinajstić information content (AvgIpc) is 3.33. The van der Waals surface area contributed by atoms with Gasteiger partial charge in [-0.25, -0.2) is 4.79 Å². The number of carbonyl (C=O) groups excluding carboxylic acids is 1. The molecule has 0 saturated heterocycles. The van der Waals surface area contributed by atoms with Gasteiger partial charge in [0.1, 0.15) is 4.88 Å². The predicted molar refractivity (Wildman–Crippen MR) is 115 cm³/mol. The summed E-state index contributed by atoms with van der Waals surface area (Å²) in [6.45, 7) is 3.84. The Balaban J connectivity index is 1.63. The summed E-state index contributed by atoms with van der Waals surface area (Å²) < 4.78 is 10.2. The van der Waals surface area contributed by atoms with E-state index in [0.29, 0.717) is 16.3 Å². The van der Waals surface area contributed by atoms with E-state index >= 15 is 0 Å². The number of amides is 1. The molecule has 8 nitrogen and oxygen atoms in total. The molecule has 0 aliphatic carbocycles. The number of aryl methyl sites for hydroxylation is 3. The van der Waals surface area contributed by atoms with Crippen LogP contribution in [0.1, 0.15) is 27.9 Å². The van der Waals surface area contributed by atoms with Gasteiger partial charge in [-0.2, -0.15) is 4.68 Å². The zero-order valence-electron chi connectivity index (χ0n) is 16.7. The van der Waals surface area contributed by atoms with Crippen LogP contribution in [0.5, 0.6) is 0 Å². The molecule has 152 valence electrons. The summed E-state index contributed by atoms with van der Waals surface area (Å²) in [6, 6.07) is 13.5. The summed E-state index contributed by atoms with van der Waals surface area (Å²) in [7, 11) is 1.55. The van der Waals surface area contributed by atoms with Crippen LogP contribution in [0.25, 0.3) is 22.6 Å². The molecule has 2 aromatic carbocycles. The zero-order chi connectivity index (χ0) is 21.3. The van der Waals surface area contributed by atoms with Gasteiger partial charge in [0, 0.05) is 18.3 Å². The maximum atomic E-state index is 12.4. The standard InChI is InChI=1S/C21H19N5O3S/c1-4-13-5-6-15(20-24-26(3)21(28)29-20)11-17(13)14-7-9-16(10-8-14)22-19(27)18-12(2)23-25-30-18/h5-11H,4H2,1-3H3,(H,22,27). The maximum absolute atomic E-state index is 12.4. The number of carbonyl (C=O) groups is 1. The molecule has 2 heterocycles. The van der Waals surface area contributed by atoms with Crippen molar-refractivity contribution in [2.75, 3.05) is 5.32 Å². The molecule has 0 radical (unpaired) electrons. The van der Waals surface area contributed by atoms with Crippen LogP contribution in [0, 0.1) is 6.92 Å². The quantitative estimate of drug-likeness (QED) is 0.527. The van der Waals surface area contributed by atoms with Crippen LogP contribution in [0.3, 0.4) is 0 Å². The number of hydrogen-bond acceptors (Lipinski definition) is 7. The molecule has 0 fully saturated rings. The van der Waals surface area contributed by atoms with Crippen LogP contribution < -0.4 is 11.1 Å². The highest BCUT2D eigenvalue weighted by molar-refractivity contribution is 7.08. The Morgan fingerprint density at radius 3 is 2.50 bits per heavy atom. The fraction of sp³-hybridized carbons (Fsp3) is 0.190. The van der Waals surface area contributed by atoms with Gasteiger partial charge in [-0.1, -0.05) is 29.6 Å². The van der Waals surface area contributed by atoms with Gasteiger partial charge in [-0.3, -0.25) is 4.79 Å². The zero-order valence-corrected chi connectivity index (χ0v) is 17.5. The monoisotopic (exact) mass is 421 g/mol. The van der Waals surface area contributed by atoms with Crippen molar-refractivity contribution in [2.24, 2.45) is 7.05 Å². The molecule has 0 spiro atoms. The van der Waals surface area contributed by atoms with Gasteiger partial charge in [-0.15, -0.1) is 10.2 Å². The van der Waals surface area contributed by atoms with Crippen molar-refractivity contribution in [3.8, 4) is 22.6 Å². The highest BCUT2D eigenvalue weighted by Gasteiger charge is 2.14. The van der Waals surface area contributed by atoms with Crippen molar-refractivity contribution in [1.29, 1.82) is 0 Å². The predicted octanol–water partition coefficient (Wildman–Crippen LogP) is 3.68. The van der Waals surface area contributed by atoms with Gasteiger partial charge in [0.25, 0.3) is 5.91 Å². The minimum absolute atomic E-state index is 0.225. The first kappa shape index (κ1) is 19.7. The molecule has 0 atom stereocenters. The summed E-state index contributed by atoms with van der Waals surface area (Å²) in [5.74, 6) is -0.446. The highest BCUT2D eigenvalue weighted by Crippen LogP contribution is 2.30. The lowest BCUT2D eigenvalue weighted by Crippen LogP contribution is -2.11. The number of nitrogens with zero attached hydrogens (tertiary/aromatic N) is 4. The molecule has 0 bridgehead atoms. The van der Waals surface area contributed by atoms with Crippen molar-refractivity contribution in [3.63, 3.8) is 0 Å². The summed E-state index contributed by atoms with van der Waals surface area (Å²) in [5.41, 5.74) is 5.18. The highest BCUT2D eigenvalue weighted by atomic mass is 32.1. The lowest BCUT2D eigenvalue weighted by molar-refractivity contribution is 0.103. The van der Waals surface area contributed by atoms with Gasteiger partial charge in [0.15, 0.2) is 0 Å². The molecule has 0 unspecified atom stereocenters. The number of benzene rings is 2. The first-order chi connectivity index (χ1) is 14.5. The Morgan fingerprint density at radius 1 is 1.17 bits per heavy atom. The summed E-state index contributed by atoms with van der Waals surface area (Å²) in [4.78, 5) is 24.5. The normalized spacial score (nSPS) is 10.9. The number of anilines is 1. The second kappa shape index (κ2) is 8.03. The molecule has 1 amide bonds. The van der Waals surface area contributed by atoms with E-state index in [2.05, 4.69) is 26.9 Å². The van der Waals surface area contributed by atoms with Gasteiger partial charge < -0.3 is 9.73 Å². The number of rotatable bonds is 5. The molecule has 30 heavy (non-hydrogen) atoms. The van der Waals surface area contributed by atoms with E-state index in [9.17, 15) is 9.59 Å². The van der Waals surface area contributed by atoms with Gasteiger partial charge in [0.2, 0.25) is 5.89 Å². The number of hydrogen-bond donors (Lipinski definition) is 1. The third-order valence-corrected chi connectivity index (χ3v) is 5.56. The topological polar surface area (TPSA) is 103 Å². The minimum atomic E-state index is -0.502. The first-order valence-corrected chi connectivity index (χ1v) is 10.1. The second-order valence-corrected chi connectivity index (χ2v) is 7.50. The van der Waals surface area contributed by atoms with E-state index < -0.39 is 5.76 Å². The SMILES string of the molecule is CCc1ccc(-c2nn(C)c(=O)o2)cc1-c1ccc(NC(=O)c2snnc2C)cc1. The van der Waals surface area contributed by atoms with Crippen LogP contribution in [0.4, 0.5) is 5.69 Å². The van der Waals surface area contributed by atoms with Crippen LogP contribution >= 0.6 is 11.5 Å². The first-order valence-electron chi connectivity index (χ1n) is 9.34. The molecule has 4 rings (SSSR count). The van der Waals surface area contributed by atoms with Crippen LogP contribution in [0.2, 0.25) is 0 Å². The van der Waals surface area contributed by atoms with E-state index in [1.165, 1.54) is 4.68 Å². The van der Waals surface area contributed by atoms with Gasteiger partial charge >= 0.3 is 5.76 Å². The molecule has 1 N–H and O–H groups in total. The third-order valence-electron chi connectivity index (χ3n) is 4.74. The van der Waals surface area contributed by atoms with Gasteiger partial charge in [-0.05, 0) is 65.8 Å². The molecule has 0 aliphatic heterocycles. The Bertz CT molecular complexity index is 1270. The average molecular weight is 421 g/mol. The van der Waals surface area contributed by atoms with Crippen molar-refractivity contribution >= 4 is 23.1 Å². The molecule has 0 aliphatic rings. The molecular formula is C21H19N5O3S. The Hall–Kier alpha value is -3.59. The lowest BCUT2D eigenvalue weighted by atomic mass is 9.95. The van der Waals surface area contributed by atoms with E-state index in [-0.39, 0.29) is 11.8 Å². The number of aromatic nitrogens is 4. The van der Waals surface area contributed by atoms with Crippen molar-refractivity contribution in [3.05, 3.63) is 69.1 Å². The van der Waals surface area contributed by atoms with E-state index in [4.69, 9.17) is 4.42 Å². The fourth-order valence-electron chi connectivity index (χ4n) is 3.11. The summed E-state index contributed by atoms with van der Waals surface area (Å²) in [5, 5.41) is 10.9. The molecule has 4 aromatic rings. The van der Waals surface area contributed by atoms with E-state index in [0.717, 1.165) is 40.2 Å². The third kappa shape index (κ3) is 3.79. The van der Waals surface area contributed by atoms with Crippen LogP contribution in [-0.2, 0) is 13.5 Å². The molecule has 0 saturated carbocycles. The summed E-state index contributed by atoms with van der Waals surface area (Å²) >= 11 is 1.07. The lowest BCUT2D eigenvalue weighted by Gasteiger charge is -2.11. The minimum Gasteiger partial charge on any atom is -0.388 e. The Kier molecular flexibility index (Phi) is 5.28. The number of nitrogens with one attached hydrogen (secondary N) is 1. The van der Waals surface area contributed by atoms with Gasteiger partial charge in [0.05, 0.1) is 5.69 Å². The van der Waals surface area contributed by atoms with E-state index in [1.807, 2.05) is 42.5 Å². The van der Waals surface area contributed by atoms with Crippen molar-refractivity contribution in [2.45, 2.75) is 20.3 Å². The molecule has 2 aromatic heterocycles.